The summed E-state index contributed by atoms with van der Waals surface area (Å²) in [7, 11) is 0. The van der Waals surface area contributed by atoms with Crippen molar-refractivity contribution < 1.29 is 13.5 Å². The van der Waals surface area contributed by atoms with Gasteiger partial charge in [-0.1, -0.05) is 47.7 Å². The van der Waals surface area contributed by atoms with Gasteiger partial charge in [0.2, 0.25) is 10.8 Å². The lowest BCUT2D eigenvalue weighted by atomic mass is 10.1. The Morgan fingerprint density at radius 3 is 2.61 bits per heavy atom. The van der Waals surface area contributed by atoms with E-state index in [1.807, 2.05) is 67.7 Å². The van der Waals surface area contributed by atoms with Gasteiger partial charge in [-0.05, 0) is 56.3 Å². The summed E-state index contributed by atoms with van der Waals surface area (Å²) in [5.74, 6) is 0.584. The SMILES string of the molecule is CCOc1ccc(-c2nn(-c3ccccc3)cc2/C=c2\sc3nc(-c4oc5ccccc5c4C)nn3c2=O)cc1F. The number of fused-ring (bicyclic) bond motifs is 2. The van der Waals surface area contributed by atoms with Gasteiger partial charge in [0.15, 0.2) is 17.3 Å². The van der Waals surface area contributed by atoms with Gasteiger partial charge in [-0.15, -0.1) is 5.10 Å². The van der Waals surface area contributed by atoms with Crippen LogP contribution in [0.5, 0.6) is 5.75 Å². The van der Waals surface area contributed by atoms with E-state index in [0.29, 0.717) is 44.5 Å². The molecule has 0 atom stereocenters. The molecule has 7 aromatic rings. The summed E-state index contributed by atoms with van der Waals surface area (Å²) >= 11 is 1.22. The fraction of sp³-hybridized carbons (Fsp3) is 0.0968. The number of hydrogen-bond donors (Lipinski definition) is 0. The summed E-state index contributed by atoms with van der Waals surface area (Å²) in [6.07, 6.45) is 3.56. The molecular formula is C31H22FN5O3S. The molecule has 0 bridgehead atoms. The first-order chi connectivity index (χ1) is 20.0. The number of thiazole rings is 1. The highest BCUT2D eigenvalue weighted by molar-refractivity contribution is 7.15. The number of ether oxygens (including phenoxy) is 1. The van der Waals surface area contributed by atoms with Crippen molar-refractivity contribution in [2.24, 2.45) is 0 Å². The number of furan rings is 1. The van der Waals surface area contributed by atoms with Crippen molar-refractivity contribution in [1.29, 1.82) is 0 Å². The minimum absolute atomic E-state index is 0.173. The number of aryl methyl sites for hydroxylation is 1. The molecule has 202 valence electrons. The third-order valence-electron chi connectivity index (χ3n) is 6.78. The minimum Gasteiger partial charge on any atom is -0.491 e. The molecule has 0 N–H and O–H groups in total. The standard InChI is InChI=1S/C31H22FN5O3S/c1-3-39-25-14-13-19(15-23(25)32)27-20(17-36(34-27)21-9-5-4-6-10-21)16-26-30(38)37-31(41-26)33-29(35-37)28-18(2)22-11-7-8-12-24(22)40-28/h4-17H,3H2,1-2H3/b26-16-. The zero-order valence-electron chi connectivity index (χ0n) is 22.0. The highest BCUT2D eigenvalue weighted by Gasteiger charge is 2.20. The first-order valence-corrected chi connectivity index (χ1v) is 13.8. The molecule has 0 aliphatic heterocycles. The molecule has 0 fully saturated rings. The van der Waals surface area contributed by atoms with Gasteiger partial charge in [0.1, 0.15) is 11.3 Å². The van der Waals surface area contributed by atoms with Crippen molar-refractivity contribution in [2.75, 3.05) is 6.61 Å². The van der Waals surface area contributed by atoms with Gasteiger partial charge in [0, 0.05) is 28.3 Å². The zero-order chi connectivity index (χ0) is 28.1. The summed E-state index contributed by atoms with van der Waals surface area (Å²) in [6.45, 7) is 4.11. The van der Waals surface area contributed by atoms with Crippen molar-refractivity contribution in [2.45, 2.75) is 13.8 Å². The molecule has 10 heteroatoms. The van der Waals surface area contributed by atoms with E-state index in [1.165, 1.54) is 21.9 Å². The largest absolute Gasteiger partial charge is 0.491 e. The number of benzene rings is 3. The number of para-hydroxylation sites is 2. The number of aromatic nitrogens is 5. The van der Waals surface area contributed by atoms with E-state index in [0.717, 1.165) is 22.2 Å². The third-order valence-corrected chi connectivity index (χ3v) is 7.74. The van der Waals surface area contributed by atoms with Crippen LogP contribution in [0.2, 0.25) is 0 Å². The lowest BCUT2D eigenvalue weighted by Crippen LogP contribution is -2.23. The molecular weight excluding hydrogens is 541 g/mol. The number of hydrogen-bond acceptors (Lipinski definition) is 7. The highest BCUT2D eigenvalue weighted by atomic mass is 32.1. The number of nitrogens with zero attached hydrogens (tertiary/aromatic N) is 5. The second-order valence-corrected chi connectivity index (χ2v) is 10.4. The Hall–Kier alpha value is -5.09. The van der Waals surface area contributed by atoms with Crippen LogP contribution in [0, 0.1) is 12.7 Å². The Morgan fingerprint density at radius 1 is 1.05 bits per heavy atom. The van der Waals surface area contributed by atoms with Crippen LogP contribution in [-0.4, -0.2) is 31.0 Å². The monoisotopic (exact) mass is 563 g/mol. The summed E-state index contributed by atoms with van der Waals surface area (Å²) in [6, 6.07) is 22.0. The van der Waals surface area contributed by atoms with E-state index in [4.69, 9.17) is 14.3 Å². The molecule has 0 amide bonds. The Morgan fingerprint density at radius 2 is 1.85 bits per heavy atom. The van der Waals surface area contributed by atoms with Gasteiger partial charge in [-0.2, -0.15) is 14.6 Å². The lowest BCUT2D eigenvalue weighted by Gasteiger charge is -2.06. The summed E-state index contributed by atoms with van der Waals surface area (Å²) in [5.41, 5.74) is 3.90. The summed E-state index contributed by atoms with van der Waals surface area (Å²) in [5, 5.41) is 10.2. The van der Waals surface area contributed by atoms with Crippen LogP contribution in [0.15, 0.2) is 88.2 Å². The summed E-state index contributed by atoms with van der Waals surface area (Å²) in [4.78, 5) is 18.5. The molecule has 4 heterocycles. The molecule has 4 aromatic heterocycles. The maximum atomic E-state index is 14.8. The van der Waals surface area contributed by atoms with Crippen LogP contribution >= 0.6 is 11.3 Å². The molecule has 7 rings (SSSR count). The average Bonchev–Trinajstić information content (AvgIpc) is 3.74. The first-order valence-electron chi connectivity index (χ1n) is 13.0. The van der Waals surface area contributed by atoms with E-state index >= 15 is 0 Å². The Kier molecular flexibility index (Phi) is 5.97. The molecule has 0 aliphatic carbocycles. The van der Waals surface area contributed by atoms with Crippen molar-refractivity contribution in [1.82, 2.24) is 24.4 Å². The highest BCUT2D eigenvalue weighted by Crippen LogP contribution is 2.32. The zero-order valence-corrected chi connectivity index (χ0v) is 22.9. The number of rotatable bonds is 6. The van der Waals surface area contributed by atoms with Crippen molar-refractivity contribution >= 4 is 33.3 Å². The van der Waals surface area contributed by atoms with E-state index in [1.54, 1.807) is 29.8 Å². The Labute approximate surface area is 236 Å². The fourth-order valence-electron chi connectivity index (χ4n) is 4.81. The van der Waals surface area contributed by atoms with E-state index in [-0.39, 0.29) is 11.3 Å². The topological polar surface area (TPSA) is 87.4 Å². The Balaban J connectivity index is 1.35. The predicted octanol–water partition coefficient (Wildman–Crippen LogP) is 5.81. The number of halogens is 1. The molecule has 0 spiro atoms. The van der Waals surface area contributed by atoms with Crippen molar-refractivity contribution in [3.05, 3.63) is 111 Å². The first kappa shape index (κ1) is 24.9. The van der Waals surface area contributed by atoms with Gasteiger partial charge in [0.25, 0.3) is 5.56 Å². The second kappa shape index (κ2) is 9.83. The van der Waals surface area contributed by atoms with Crippen LogP contribution in [-0.2, 0) is 0 Å². The Bertz CT molecular complexity index is 2180. The van der Waals surface area contributed by atoms with E-state index < -0.39 is 5.82 Å². The molecule has 0 saturated carbocycles. The predicted molar refractivity (Wildman–Crippen MR) is 156 cm³/mol. The molecule has 41 heavy (non-hydrogen) atoms. The average molecular weight is 564 g/mol. The van der Waals surface area contributed by atoms with E-state index in [2.05, 4.69) is 10.1 Å². The van der Waals surface area contributed by atoms with Crippen LogP contribution < -0.4 is 14.8 Å². The van der Waals surface area contributed by atoms with Crippen LogP contribution in [0.4, 0.5) is 4.39 Å². The lowest BCUT2D eigenvalue weighted by molar-refractivity contribution is 0.321. The van der Waals surface area contributed by atoms with E-state index in [9.17, 15) is 9.18 Å². The van der Waals surface area contributed by atoms with Gasteiger partial charge in [-0.3, -0.25) is 4.79 Å². The molecule has 8 nitrogen and oxygen atoms in total. The van der Waals surface area contributed by atoms with Gasteiger partial charge < -0.3 is 9.15 Å². The smallest absolute Gasteiger partial charge is 0.291 e. The maximum Gasteiger partial charge on any atom is 0.291 e. The second-order valence-electron chi connectivity index (χ2n) is 9.39. The van der Waals surface area contributed by atoms with Crippen molar-refractivity contribution in [3.8, 4) is 34.3 Å². The fourth-order valence-corrected chi connectivity index (χ4v) is 5.71. The molecule has 0 aliphatic rings. The van der Waals surface area contributed by atoms with Crippen LogP contribution in [0.3, 0.4) is 0 Å². The van der Waals surface area contributed by atoms with Crippen LogP contribution in [0.25, 0.3) is 50.5 Å². The maximum absolute atomic E-state index is 14.8. The molecule has 0 radical (unpaired) electrons. The molecule has 0 saturated heterocycles. The molecule has 3 aromatic carbocycles. The van der Waals surface area contributed by atoms with Crippen molar-refractivity contribution in [3.63, 3.8) is 0 Å². The quantitative estimate of drug-likeness (QED) is 0.254. The normalized spacial score (nSPS) is 12.1. The van der Waals surface area contributed by atoms with Gasteiger partial charge in [0.05, 0.1) is 16.8 Å². The van der Waals surface area contributed by atoms with Crippen LogP contribution in [0.1, 0.15) is 18.1 Å². The molecule has 0 unspecified atom stereocenters. The summed E-state index contributed by atoms with van der Waals surface area (Å²) < 4.78 is 29.6. The minimum atomic E-state index is -0.485. The van der Waals surface area contributed by atoms with Gasteiger partial charge >= 0.3 is 0 Å². The third kappa shape index (κ3) is 4.29. The van der Waals surface area contributed by atoms with Gasteiger partial charge in [-0.25, -0.2) is 9.07 Å².